The van der Waals surface area contributed by atoms with E-state index in [1.807, 2.05) is 0 Å². The van der Waals surface area contributed by atoms with Gasteiger partial charge in [-0.2, -0.15) is 0 Å². The lowest BCUT2D eigenvalue weighted by Crippen LogP contribution is -2.36. The highest BCUT2D eigenvalue weighted by molar-refractivity contribution is 14.0. The first-order valence-corrected chi connectivity index (χ1v) is 10.6. The van der Waals surface area contributed by atoms with Crippen LogP contribution in [0.3, 0.4) is 0 Å². The maximum Gasteiger partial charge on any atom is 0.168 e. The molecule has 2 rings (SSSR count). The van der Waals surface area contributed by atoms with Crippen molar-refractivity contribution in [2.75, 3.05) is 13.2 Å². The van der Waals surface area contributed by atoms with E-state index in [1.165, 1.54) is 60.5 Å². The first-order chi connectivity index (χ1) is 12.0. The van der Waals surface area contributed by atoms with Gasteiger partial charge in [-0.1, -0.05) is 37.8 Å². The molecular formula is C22H40IO2P. The maximum absolute atomic E-state index is 5.88. The Morgan fingerprint density at radius 3 is 1.69 bits per heavy atom. The molecule has 0 radical (unpaired) electrons. The first-order valence-electron chi connectivity index (χ1n) is 10.1. The second kappa shape index (κ2) is 14.3. The molecule has 4 heteroatoms. The quantitative estimate of drug-likeness (QED) is 0.266. The van der Waals surface area contributed by atoms with E-state index in [0.29, 0.717) is 0 Å². The van der Waals surface area contributed by atoms with Crippen LogP contribution in [0.2, 0.25) is 0 Å². The second-order valence-corrected chi connectivity index (χ2v) is 7.74. The highest BCUT2D eigenvalue weighted by Gasteiger charge is 2.30. The van der Waals surface area contributed by atoms with Gasteiger partial charge in [-0.05, 0) is 69.5 Å². The van der Waals surface area contributed by atoms with Crippen molar-refractivity contribution < 1.29 is 9.47 Å². The van der Waals surface area contributed by atoms with Crippen molar-refractivity contribution in [3.63, 3.8) is 0 Å². The molecular weight excluding hydrogens is 454 g/mol. The van der Waals surface area contributed by atoms with Crippen LogP contribution < -0.4 is 5.30 Å². The van der Waals surface area contributed by atoms with Crippen molar-refractivity contribution >= 4 is 38.5 Å². The molecule has 0 spiro atoms. The zero-order valence-electron chi connectivity index (χ0n) is 17.5. The Balaban J connectivity index is 0.000000497. The lowest BCUT2D eigenvalue weighted by atomic mass is 10.0. The van der Waals surface area contributed by atoms with E-state index in [9.17, 15) is 0 Å². The van der Waals surface area contributed by atoms with Crippen LogP contribution in [0.15, 0.2) is 12.1 Å². The number of rotatable bonds is 4. The van der Waals surface area contributed by atoms with E-state index in [1.54, 1.807) is 0 Å². The van der Waals surface area contributed by atoms with Crippen molar-refractivity contribution in [2.45, 2.75) is 91.8 Å². The zero-order chi connectivity index (χ0) is 18.7. The van der Waals surface area contributed by atoms with Gasteiger partial charge in [0.25, 0.3) is 0 Å². The molecule has 1 aromatic rings. The summed E-state index contributed by atoms with van der Waals surface area (Å²) in [7, 11) is 2.74. The highest BCUT2D eigenvalue weighted by Crippen LogP contribution is 2.30. The molecule has 26 heavy (non-hydrogen) atoms. The zero-order valence-corrected chi connectivity index (χ0v) is 21.0. The van der Waals surface area contributed by atoms with E-state index in [2.05, 4.69) is 56.0 Å². The molecule has 0 bridgehead atoms. The standard InChI is InChI=1S/C13H26O2.C9H13P.HI/c1-3-14-13(15-4-2)11-9-7-5-6-8-10-12-13;1-6-4-5-9(10)8(3)7(6)2;/h3-12H2,1-2H3;4-5H,10H2,1-3H3;1H. The largest absolute Gasteiger partial charge is 0.350 e. The third-order valence-corrected chi connectivity index (χ3v) is 5.91. The molecule has 1 saturated carbocycles. The number of hydrogen-bond acceptors (Lipinski definition) is 2. The Morgan fingerprint density at radius 2 is 1.27 bits per heavy atom. The first kappa shape index (κ1) is 26.3. The molecule has 1 fully saturated rings. The summed E-state index contributed by atoms with van der Waals surface area (Å²) in [5, 5.41) is 1.31. The highest BCUT2D eigenvalue weighted by atomic mass is 127. The number of ether oxygens (including phenoxy) is 2. The van der Waals surface area contributed by atoms with Gasteiger partial charge in [0.15, 0.2) is 5.79 Å². The molecule has 152 valence electrons. The SMILES string of the molecule is CCOC1(OCC)CCCCCCCC1.Cc1ccc(P)c(C)c1C.I. The lowest BCUT2D eigenvalue weighted by Gasteiger charge is -2.33. The Morgan fingerprint density at radius 1 is 0.808 bits per heavy atom. The van der Waals surface area contributed by atoms with Crippen LogP contribution in [-0.4, -0.2) is 19.0 Å². The van der Waals surface area contributed by atoms with Crippen molar-refractivity contribution in [3.05, 3.63) is 28.8 Å². The predicted octanol–water partition coefficient (Wildman–Crippen LogP) is 6.62. The maximum atomic E-state index is 5.88. The van der Waals surface area contributed by atoms with Crippen LogP contribution in [0.25, 0.3) is 0 Å². The van der Waals surface area contributed by atoms with E-state index in [4.69, 9.17) is 9.47 Å². The molecule has 1 aliphatic rings. The van der Waals surface area contributed by atoms with E-state index in [-0.39, 0.29) is 29.8 Å². The minimum atomic E-state index is -0.256. The monoisotopic (exact) mass is 494 g/mol. The summed E-state index contributed by atoms with van der Waals surface area (Å²) in [5.74, 6) is -0.256. The van der Waals surface area contributed by atoms with Gasteiger partial charge in [0, 0.05) is 26.1 Å². The van der Waals surface area contributed by atoms with Gasteiger partial charge < -0.3 is 9.47 Å². The number of halogens is 1. The third-order valence-electron chi connectivity index (χ3n) is 5.28. The fourth-order valence-corrected chi connectivity index (χ4v) is 3.77. The number of benzene rings is 1. The Bertz CT molecular complexity index is 460. The van der Waals surface area contributed by atoms with Crippen LogP contribution >= 0.6 is 33.2 Å². The van der Waals surface area contributed by atoms with Crippen molar-refractivity contribution in [1.29, 1.82) is 0 Å². The van der Waals surface area contributed by atoms with Gasteiger partial charge in [-0.15, -0.1) is 33.2 Å². The number of aryl methyl sites for hydroxylation is 1. The lowest BCUT2D eigenvalue weighted by molar-refractivity contribution is -0.241. The normalized spacial score (nSPS) is 17.0. The van der Waals surface area contributed by atoms with Gasteiger partial charge in [0.1, 0.15) is 0 Å². The van der Waals surface area contributed by atoms with Gasteiger partial charge >= 0.3 is 0 Å². The van der Waals surface area contributed by atoms with Crippen LogP contribution in [0.5, 0.6) is 0 Å². The van der Waals surface area contributed by atoms with E-state index in [0.717, 1.165) is 26.1 Å². The van der Waals surface area contributed by atoms with Crippen LogP contribution in [-0.2, 0) is 9.47 Å². The molecule has 2 nitrogen and oxygen atoms in total. The number of hydrogen-bond donors (Lipinski definition) is 0. The molecule has 0 heterocycles. The minimum Gasteiger partial charge on any atom is -0.350 e. The van der Waals surface area contributed by atoms with Gasteiger partial charge in [0.05, 0.1) is 0 Å². The summed E-state index contributed by atoms with van der Waals surface area (Å²) < 4.78 is 11.8. The summed E-state index contributed by atoms with van der Waals surface area (Å²) in [4.78, 5) is 0. The summed E-state index contributed by atoms with van der Waals surface area (Å²) in [6.07, 6.45) is 10.1. The van der Waals surface area contributed by atoms with Gasteiger partial charge in [0.2, 0.25) is 0 Å². The molecule has 1 aliphatic carbocycles. The average Bonchev–Trinajstić information content (AvgIpc) is 2.70. The minimum absolute atomic E-state index is 0. The molecule has 1 unspecified atom stereocenters. The summed E-state index contributed by atoms with van der Waals surface area (Å²) in [6, 6.07) is 4.30. The van der Waals surface area contributed by atoms with Crippen LogP contribution in [0, 0.1) is 20.8 Å². The topological polar surface area (TPSA) is 18.5 Å². The molecule has 0 aromatic heterocycles. The van der Waals surface area contributed by atoms with E-state index < -0.39 is 0 Å². The van der Waals surface area contributed by atoms with Crippen LogP contribution in [0.4, 0.5) is 0 Å². The Hall–Kier alpha value is 0.300. The average molecular weight is 494 g/mol. The molecule has 1 atom stereocenters. The summed E-state index contributed by atoms with van der Waals surface area (Å²) >= 11 is 0. The van der Waals surface area contributed by atoms with E-state index >= 15 is 0 Å². The fraction of sp³-hybridized carbons (Fsp3) is 0.727. The molecule has 0 N–H and O–H groups in total. The predicted molar refractivity (Wildman–Crippen MR) is 128 cm³/mol. The summed E-state index contributed by atoms with van der Waals surface area (Å²) in [6.45, 7) is 12.1. The van der Waals surface area contributed by atoms with Crippen molar-refractivity contribution in [2.24, 2.45) is 0 Å². The van der Waals surface area contributed by atoms with Crippen LogP contribution in [0.1, 0.15) is 81.9 Å². The van der Waals surface area contributed by atoms with Crippen molar-refractivity contribution in [3.8, 4) is 0 Å². The Kier molecular flexibility index (Phi) is 14.5. The summed E-state index contributed by atoms with van der Waals surface area (Å²) in [5.41, 5.74) is 4.18. The Labute approximate surface area is 181 Å². The fourth-order valence-electron chi connectivity index (χ4n) is 3.45. The third kappa shape index (κ3) is 8.99. The second-order valence-electron chi connectivity index (χ2n) is 7.12. The molecule has 0 saturated heterocycles. The van der Waals surface area contributed by atoms with Crippen molar-refractivity contribution in [1.82, 2.24) is 0 Å². The van der Waals surface area contributed by atoms with Gasteiger partial charge in [-0.25, -0.2) is 0 Å². The molecule has 0 amide bonds. The van der Waals surface area contributed by atoms with Gasteiger partial charge in [-0.3, -0.25) is 0 Å². The molecule has 0 aliphatic heterocycles. The molecule has 1 aromatic carbocycles. The smallest absolute Gasteiger partial charge is 0.168 e.